The van der Waals surface area contributed by atoms with Crippen molar-refractivity contribution in [2.24, 2.45) is 0 Å². The average molecular weight is 381 g/mol. The number of carbonyl (C=O) groups is 2. The van der Waals surface area contributed by atoms with Crippen LogP contribution in [-0.4, -0.2) is 28.2 Å². The maximum absolute atomic E-state index is 12.6. The predicted octanol–water partition coefficient (Wildman–Crippen LogP) is 3.73. The van der Waals surface area contributed by atoms with Crippen LogP contribution >= 0.6 is 11.3 Å². The number of hydrogen-bond acceptors (Lipinski definition) is 5. The normalized spacial score (nSPS) is 10.9. The molecular formula is C20H19N3O3S. The highest BCUT2D eigenvalue weighted by atomic mass is 32.1. The lowest BCUT2D eigenvalue weighted by molar-refractivity contribution is -0.131. The third-order valence-electron chi connectivity index (χ3n) is 3.66. The van der Waals surface area contributed by atoms with E-state index in [0.717, 1.165) is 10.7 Å². The van der Waals surface area contributed by atoms with Gasteiger partial charge in [-0.15, -0.1) is 11.3 Å². The Morgan fingerprint density at radius 3 is 2.70 bits per heavy atom. The molecule has 3 aromatic rings. The first kappa shape index (κ1) is 18.6. The van der Waals surface area contributed by atoms with Crippen molar-refractivity contribution in [2.45, 2.75) is 13.5 Å². The van der Waals surface area contributed by atoms with E-state index in [1.54, 1.807) is 30.3 Å². The number of carbonyl (C=O) groups excluding carboxylic acids is 2. The zero-order valence-corrected chi connectivity index (χ0v) is 15.6. The number of rotatable bonds is 7. The summed E-state index contributed by atoms with van der Waals surface area (Å²) < 4.78 is 5.32. The monoisotopic (exact) mass is 381 g/mol. The van der Waals surface area contributed by atoms with Crippen LogP contribution in [0.15, 0.2) is 64.6 Å². The number of amides is 2. The second-order valence-corrected chi connectivity index (χ2v) is 6.87. The molecule has 0 fully saturated rings. The quantitative estimate of drug-likeness (QED) is 0.633. The molecule has 0 atom stereocenters. The largest absolute Gasteiger partial charge is 0.467 e. The molecule has 0 spiro atoms. The topological polar surface area (TPSA) is 75.4 Å². The van der Waals surface area contributed by atoms with Gasteiger partial charge in [0.1, 0.15) is 12.3 Å². The van der Waals surface area contributed by atoms with Gasteiger partial charge >= 0.3 is 0 Å². The van der Waals surface area contributed by atoms with E-state index in [1.807, 2.05) is 30.5 Å². The van der Waals surface area contributed by atoms with E-state index in [4.69, 9.17) is 4.42 Å². The molecule has 2 aromatic heterocycles. The molecule has 0 aliphatic rings. The van der Waals surface area contributed by atoms with Crippen molar-refractivity contribution >= 4 is 34.9 Å². The molecule has 138 valence electrons. The molecule has 7 heteroatoms. The first-order chi connectivity index (χ1) is 13.1. The molecule has 1 aromatic carbocycles. The smallest absolute Gasteiger partial charge is 0.247 e. The summed E-state index contributed by atoms with van der Waals surface area (Å²) in [7, 11) is 0. The second kappa shape index (κ2) is 8.95. The number of hydrogen-bond donors (Lipinski definition) is 1. The van der Waals surface area contributed by atoms with Gasteiger partial charge in [0.05, 0.1) is 23.5 Å². The fourth-order valence-electron chi connectivity index (χ4n) is 2.42. The maximum Gasteiger partial charge on any atom is 0.247 e. The van der Waals surface area contributed by atoms with Crippen LogP contribution in [0.2, 0.25) is 0 Å². The van der Waals surface area contributed by atoms with E-state index in [9.17, 15) is 9.59 Å². The number of anilines is 1. The van der Waals surface area contributed by atoms with Gasteiger partial charge < -0.3 is 14.6 Å². The van der Waals surface area contributed by atoms with E-state index >= 15 is 0 Å². The van der Waals surface area contributed by atoms with Gasteiger partial charge in [0.2, 0.25) is 11.8 Å². The number of aryl methyl sites for hydroxylation is 1. The predicted molar refractivity (Wildman–Crippen MR) is 105 cm³/mol. The zero-order valence-electron chi connectivity index (χ0n) is 14.8. The number of benzene rings is 1. The van der Waals surface area contributed by atoms with Crippen LogP contribution in [0, 0.1) is 6.92 Å². The van der Waals surface area contributed by atoms with E-state index in [1.165, 1.54) is 28.6 Å². The Morgan fingerprint density at radius 1 is 1.22 bits per heavy atom. The fourth-order valence-corrected chi connectivity index (χ4v) is 3.00. The van der Waals surface area contributed by atoms with Gasteiger partial charge in [0.25, 0.3) is 0 Å². The van der Waals surface area contributed by atoms with Crippen molar-refractivity contribution in [1.29, 1.82) is 0 Å². The number of nitrogens with one attached hydrogen (secondary N) is 1. The maximum atomic E-state index is 12.6. The summed E-state index contributed by atoms with van der Waals surface area (Å²) in [5.74, 6) is 0.0352. The third kappa shape index (κ3) is 5.65. The lowest BCUT2D eigenvalue weighted by Crippen LogP contribution is -2.36. The molecule has 0 radical (unpaired) electrons. The minimum atomic E-state index is -0.291. The number of aromatic nitrogens is 1. The summed E-state index contributed by atoms with van der Waals surface area (Å²) in [5.41, 5.74) is 1.40. The zero-order chi connectivity index (χ0) is 19.1. The molecule has 0 bridgehead atoms. The molecule has 3 rings (SSSR count). The average Bonchev–Trinajstić information content (AvgIpc) is 3.31. The van der Waals surface area contributed by atoms with E-state index in [0.29, 0.717) is 11.4 Å². The fraction of sp³-hybridized carbons (Fsp3) is 0.150. The molecule has 1 N–H and O–H groups in total. The summed E-state index contributed by atoms with van der Waals surface area (Å²) in [6, 6.07) is 12.6. The van der Waals surface area contributed by atoms with Gasteiger partial charge in [0.15, 0.2) is 0 Å². The van der Waals surface area contributed by atoms with Crippen LogP contribution in [0.25, 0.3) is 6.08 Å². The van der Waals surface area contributed by atoms with Crippen molar-refractivity contribution < 1.29 is 14.0 Å². The van der Waals surface area contributed by atoms with Gasteiger partial charge in [-0.2, -0.15) is 0 Å². The minimum absolute atomic E-state index is 0.0884. The number of furan rings is 1. The second-order valence-electron chi connectivity index (χ2n) is 5.81. The lowest BCUT2D eigenvalue weighted by Gasteiger charge is -2.19. The summed E-state index contributed by atoms with van der Waals surface area (Å²) in [6.07, 6.45) is 4.61. The molecule has 0 unspecified atom stereocenters. The van der Waals surface area contributed by atoms with Crippen molar-refractivity contribution in [3.8, 4) is 0 Å². The van der Waals surface area contributed by atoms with Crippen molar-refractivity contribution in [1.82, 2.24) is 9.88 Å². The molecule has 0 saturated carbocycles. The highest BCUT2D eigenvalue weighted by molar-refractivity contribution is 7.09. The van der Waals surface area contributed by atoms with Crippen LogP contribution in [0.4, 0.5) is 5.69 Å². The van der Waals surface area contributed by atoms with Gasteiger partial charge in [-0.25, -0.2) is 4.98 Å². The Kier molecular flexibility index (Phi) is 6.17. The highest BCUT2D eigenvalue weighted by Crippen LogP contribution is 2.11. The van der Waals surface area contributed by atoms with Crippen LogP contribution < -0.4 is 5.32 Å². The van der Waals surface area contributed by atoms with Crippen LogP contribution in [0.5, 0.6) is 0 Å². The molecule has 0 saturated heterocycles. The summed E-state index contributed by atoms with van der Waals surface area (Å²) in [4.78, 5) is 30.7. The Hall–Kier alpha value is -3.19. The summed E-state index contributed by atoms with van der Waals surface area (Å²) in [5, 5.41) is 5.59. The van der Waals surface area contributed by atoms with Crippen LogP contribution in [0.3, 0.4) is 0 Å². The summed E-state index contributed by atoms with van der Waals surface area (Å²) in [6.45, 7) is 2.02. The molecule has 6 nitrogen and oxygen atoms in total. The van der Waals surface area contributed by atoms with Crippen LogP contribution in [0.1, 0.15) is 16.5 Å². The lowest BCUT2D eigenvalue weighted by atomic mass is 10.3. The third-order valence-corrected chi connectivity index (χ3v) is 4.46. The number of thiazole rings is 1. The summed E-state index contributed by atoms with van der Waals surface area (Å²) >= 11 is 1.51. The molecule has 0 aliphatic heterocycles. The van der Waals surface area contributed by atoms with Gasteiger partial charge in [-0.05, 0) is 37.3 Å². The van der Waals surface area contributed by atoms with Gasteiger partial charge in [0, 0.05) is 17.1 Å². The Balaban J connectivity index is 1.68. The Bertz CT molecular complexity index is 917. The van der Waals surface area contributed by atoms with E-state index in [2.05, 4.69) is 10.3 Å². The molecule has 2 amide bonds. The van der Waals surface area contributed by atoms with E-state index in [-0.39, 0.29) is 24.9 Å². The first-order valence-corrected chi connectivity index (χ1v) is 9.24. The van der Waals surface area contributed by atoms with Crippen LogP contribution in [-0.2, 0) is 16.1 Å². The molecule has 27 heavy (non-hydrogen) atoms. The molecule has 2 heterocycles. The van der Waals surface area contributed by atoms with Crippen molar-refractivity contribution in [2.75, 3.05) is 11.9 Å². The minimum Gasteiger partial charge on any atom is -0.467 e. The Labute approximate surface area is 161 Å². The molecular weight excluding hydrogens is 362 g/mol. The highest BCUT2D eigenvalue weighted by Gasteiger charge is 2.17. The van der Waals surface area contributed by atoms with Gasteiger partial charge in [-0.3, -0.25) is 9.59 Å². The first-order valence-electron chi connectivity index (χ1n) is 8.36. The van der Waals surface area contributed by atoms with Crippen molar-refractivity contribution in [3.05, 3.63) is 76.6 Å². The van der Waals surface area contributed by atoms with E-state index < -0.39 is 0 Å². The number of nitrogens with zero attached hydrogens (tertiary/aromatic N) is 2. The van der Waals surface area contributed by atoms with Gasteiger partial charge in [-0.1, -0.05) is 18.2 Å². The molecule has 0 aliphatic carbocycles. The Morgan fingerprint density at radius 2 is 2.04 bits per heavy atom. The number of para-hydroxylation sites is 1. The SMILES string of the molecule is Cc1nc(/C=C/C(=O)N(CC(=O)Nc2ccccc2)Cc2ccco2)cs1. The van der Waals surface area contributed by atoms with Crippen molar-refractivity contribution in [3.63, 3.8) is 0 Å². The standard InChI is InChI=1S/C20H19N3O3S/c1-15-21-17(14-27-15)9-10-20(25)23(12-18-8-5-11-26-18)13-19(24)22-16-6-3-2-4-7-16/h2-11,14H,12-13H2,1H3,(H,22,24)/b10-9+.